The Balaban J connectivity index is 3.00. The molecule has 0 saturated carbocycles. The van der Waals surface area contributed by atoms with Gasteiger partial charge in [0.25, 0.3) is 0 Å². The van der Waals surface area contributed by atoms with Crippen LogP contribution in [0.1, 0.15) is 13.3 Å². The van der Waals surface area contributed by atoms with E-state index in [1.807, 2.05) is 26.1 Å². The standard InChI is InChI=1S/C10H20N2/c1-3-4-5-6-7-8-12-10-9-11-2/h3-6,11-12H,7-10H2,1-2H3/b4-3-,6-5-. The van der Waals surface area contributed by atoms with Crippen LogP contribution >= 0.6 is 0 Å². The number of hydrogen-bond acceptors (Lipinski definition) is 2. The van der Waals surface area contributed by atoms with Crippen molar-refractivity contribution in [1.29, 1.82) is 0 Å². The van der Waals surface area contributed by atoms with Crippen LogP contribution in [-0.4, -0.2) is 26.7 Å². The van der Waals surface area contributed by atoms with E-state index in [4.69, 9.17) is 0 Å². The van der Waals surface area contributed by atoms with Gasteiger partial charge in [0.1, 0.15) is 0 Å². The molecule has 0 spiro atoms. The van der Waals surface area contributed by atoms with E-state index < -0.39 is 0 Å². The molecule has 0 amide bonds. The van der Waals surface area contributed by atoms with Gasteiger partial charge in [-0.2, -0.15) is 0 Å². The summed E-state index contributed by atoms with van der Waals surface area (Å²) in [5.41, 5.74) is 0. The van der Waals surface area contributed by atoms with Crippen molar-refractivity contribution in [2.45, 2.75) is 13.3 Å². The molecule has 70 valence electrons. The lowest BCUT2D eigenvalue weighted by Crippen LogP contribution is -2.25. The van der Waals surface area contributed by atoms with Gasteiger partial charge >= 0.3 is 0 Å². The molecule has 0 unspecified atom stereocenters. The SMILES string of the molecule is C/C=C\C=C/CCNCCNC. The van der Waals surface area contributed by atoms with E-state index >= 15 is 0 Å². The molecule has 0 saturated heterocycles. The Labute approximate surface area is 75.7 Å². The highest BCUT2D eigenvalue weighted by molar-refractivity contribution is 5.00. The fraction of sp³-hybridized carbons (Fsp3) is 0.600. The first-order chi connectivity index (χ1) is 5.91. The van der Waals surface area contributed by atoms with E-state index in [2.05, 4.69) is 22.8 Å². The molecule has 0 atom stereocenters. The normalized spacial score (nSPS) is 11.8. The van der Waals surface area contributed by atoms with Gasteiger partial charge in [-0.1, -0.05) is 24.3 Å². The molecule has 0 bridgehead atoms. The first kappa shape index (κ1) is 11.4. The Kier molecular flexibility index (Phi) is 9.88. The summed E-state index contributed by atoms with van der Waals surface area (Å²) in [4.78, 5) is 0. The number of allylic oxidation sites excluding steroid dienone is 3. The third kappa shape index (κ3) is 9.40. The Morgan fingerprint density at radius 3 is 2.58 bits per heavy atom. The van der Waals surface area contributed by atoms with Crippen molar-refractivity contribution in [2.24, 2.45) is 0 Å². The minimum Gasteiger partial charge on any atom is -0.318 e. The second kappa shape index (κ2) is 10.4. The topological polar surface area (TPSA) is 24.1 Å². The third-order valence-electron chi connectivity index (χ3n) is 1.48. The predicted octanol–water partition coefficient (Wildman–Crippen LogP) is 1.32. The van der Waals surface area contributed by atoms with Crippen molar-refractivity contribution in [3.8, 4) is 0 Å². The summed E-state index contributed by atoms with van der Waals surface area (Å²) in [6, 6.07) is 0. The van der Waals surface area contributed by atoms with Gasteiger partial charge in [-0.15, -0.1) is 0 Å². The van der Waals surface area contributed by atoms with Gasteiger partial charge in [0, 0.05) is 13.1 Å². The van der Waals surface area contributed by atoms with E-state index in [-0.39, 0.29) is 0 Å². The van der Waals surface area contributed by atoms with Crippen LogP contribution in [0.4, 0.5) is 0 Å². The van der Waals surface area contributed by atoms with Gasteiger partial charge in [0.15, 0.2) is 0 Å². The lowest BCUT2D eigenvalue weighted by atomic mass is 10.3. The van der Waals surface area contributed by atoms with Gasteiger partial charge in [0.05, 0.1) is 0 Å². The van der Waals surface area contributed by atoms with Crippen LogP contribution in [0.25, 0.3) is 0 Å². The van der Waals surface area contributed by atoms with Gasteiger partial charge in [0.2, 0.25) is 0 Å². The Bertz CT molecular complexity index is 128. The fourth-order valence-electron chi connectivity index (χ4n) is 0.810. The van der Waals surface area contributed by atoms with Gasteiger partial charge in [-0.25, -0.2) is 0 Å². The minimum absolute atomic E-state index is 1.04. The molecule has 0 aliphatic carbocycles. The van der Waals surface area contributed by atoms with E-state index in [0.717, 1.165) is 26.1 Å². The molecule has 2 N–H and O–H groups in total. The van der Waals surface area contributed by atoms with Crippen LogP contribution in [0.3, 0.4) is 0 Å². The van der Waals surface area contributed by atoms with Gasteiger partial charge < -0.3 is 10.6 Å². The van der Waals surface area contributed by atoms with Crippen LogP contribution in [0.2, 0.25) is 0 Å². The van der Waals surface area contributed by atoms with E-state index in [0.29, 0.717) is 0 Å². The molecule has 0 aliphatic rings. The van der Waals surface area contributed by atoms with Crippen molar-refractivity contribution in [2.75, 3.05) is 26.7 Å². The summed E-state index contributed by atoms with van der Waals surface area (Å²) in [5.74, 6) is 0. The average molecular weight is 168 g/mol. The summed E-state index contributed by atoms with van der Waals surface area (Å²) < 4.78 is 0. The molecule has 0 rings (SSSR count). The molecule has 0 aromatic carbocycles. The maximum Gasteiger partial charge on any atom is 0.00767 e. The minimum atomic E-state index is 1.04. The number of rotatable bonds is 7. The predicted molar refractivity (Wildman–Crippen MR) is 55.4 cm³/mol. The highest BCUT2D eigenvalue weighted by atomic mass is 14.9. The van der Waals surface area contributed by atoms with E-state index in [1.54, 1.807) is 0 Å². The smallest absolute Gasteiger partial charge is 0.00767 e. The van der Waals surface area contributed by atoms with Gasteiger partial charge in [-0.05, 0) is 26.9 Å². The van der Waals surface area contributed by atoms with Crippen LogP contribution in [0.5, 0.6) is 0 Å². The highest BCUT2D eigenvalue weighted by Gasteiger charge is 1.81. The van der Waals surface area contributed by atoms with Crippen LogP contribution in [-0.2, 0) is 0 Å². The zero-order valence-electron chi connectivity index (χ0n) is 8.14. The molecular weight excluding hydrogens is 148 g/mol. The maximum atomic E-state index is 3.33. The monoisotopic (exact) mass is 168 g/mol. The molecule has 0 radical (unpaired) electrons. The van der Waals surface area contributed by atoms with Crippen LogP contribution in [0, 0.1) is 0 Å². The second-order valence-electron chi connectivity index (χ2n) is 2.60. The largest absolute Gasteiger partial charge is 0.318 e. The molecule has 12 heavy (non-hydrogen) atoms. The first-order valence-electron chi connectivity index (χ1n) is 4.55. The van der Waals surface area contributed by atoms with Crippen molar-refractivity contribution in [3.05, 3.63) is 24.3 Å². The molecule has 0 fully saturated rings. The second-order valence-corrected chi connectivity index (χ2v) is 2.60. The Hall–Kier alpha value is -0.600. The number of nitrogens with one attached hydrogen (secondary N) is 2. The molecular formula is C10H20N2. The number of likely N-dealkylation sites (N-methyl/N-ethyl adjacent to an activating group) is 1. The molecule has 2 nitrogen and oxygen atoms in total. The van der Waals surface area contributed by atoms with Gasteiger partial charge in [-0.3, -0.25) is 0 Å². The summed E-state index contributed by atoms with van der Waals surface area (Å²) in [5, 5.41) is 6.41. The average Bonchev–Trinajstić information content (AvgIpc) is 2.10. The first-order valence-corrected chi connectivity index (χ1v) is 4.55. The summed E-state index contributed by atoms with van der Waals surface area (Å²) in [6.45, 7) is 5.18. The molecule has 2 heteroatoms. The molecule has 0 aromatic rings. The molecule has 0 aliphatic heterocycles. The lowest BCUT2D eigenvalue weighted by Gasteiger charge is -2.00. The van der Waals surface area contributed by atoms with E-state index in [9.17, 15) is 0 Å². The number of hydrogen-bond donors (Lipinski definition) is 2. The fourth-order valence-corrected chi connectivity index (χ4v) is 0.810. The molecule has 0 aromatic heterocycles. The Morgan fingerprint density at radius 1 is 1.08 bits per heavy atom. The quantitative estimate of drug-likeness (QED) is 0.442. The zero-order chi connectivity index (χ0) is 9.07. The van der Waals surface area contributed by atoms with Crippen molar-refractivity contribution in [1.82, 2.24) is 10.6 Å². The maximum absolute atomic E-state index is 3.33. The van der Waals surface area contributed by atoms with Crippen LogP contribution < -0.4 is 10.6 Å². The lowest BCUT2D eigenvalue weighted by molar-refractivity contribution is 0.654. The van der Waals surface area contributed by atoms with Crippen LogP contribution in [0.15, 0.2) is 24.3 Å². The zero-order valence-corrected chi connectivity index (χ0v) is 8.14. The van der Waals surface area contributed by atoms with Crippen molar-refractivity contribution < 1.29 is 0 Å². The van der Waals surface area contributed by atoms with E-state index in [1.165, 1.54) is 0 Å². The van der Waals surface area contributed by atoms with Crippen molar-refractivity contribution >= 4 is 0 Å². The summed E-state index contributed by atoms with van der Waals surface area (Å²) in [7, 11) is 1.97. The third-order valence-corrected chi connectivity index (χ3v) is 1.48. The molecule has 0 heterocycles. The highest BCUT2D eigenvalue weighted by Crippen LogP contribution is 1.81. The Morgan fingerprint density at radius 2 is 1.92 bits per heavy atom. The van der Waals surface area contributed by atoms with Crippen molar-refractivity contribution in [3.63, 3.8) is 0 Å². The summed E-state index contributed by atoms with van der Waals surface area (Å²) in [6.07, 6.45) is 9.44. The summed E-state index contributed by atoms with van der Waals surface area (Å²) >= 11 is 0.